The van der Waals surface area contributed by atoms with Gasteiger partial charge < -0.3 is 10.2 Å². The number of nitrogens with one attached hydrogen (secondary N) is 1. The first-order chi connectivity index (χ1) is 11.5. The van der Waals surface area contributed by atoms with Crippen molar-refractivity contribution in [3.63, 3.8) is 0 Å². The maximum atomic E-state index is 12.4. The van der Waals surface area contributed by atoms with Gasteiger partial charge in [-0.05, 0) is 38.2 Å². The number of anilines is 1. The minimum Gasteiger partial charge on any atom is -0.367 e. The van der Waals surface area contributed by atoms with Gasteiger partial charge in [-0.25, -0.2) is 8.42 Å². The van der Waals surface area contributed by atoms with Crippen molar-refractivity contribution in [1.29, 1.82) is 0 Å². The van der Waals surface area contributed by atoms with Gasteiger partial charge in [-0.1, -0.05) is 6.92 Å². The van der Waals surface area contributed by atoms with Crippen molar-refractivity contribution in [2.24, 2.45) is 0 Å². The fourth-order valence-corrected chi connectivity index (χ4v) is 5.32. The largest absolute Gasteiger partial charge is 0.367 e. The molecular weight excluding hydrogens is 326 g/mol. The molecular formula is C17H25N3O3S. The Balaban J connectivity index is 1.71. The summed E-state index contributed by atoms with van der Waals surface area (Å²) in [6.45, 7) is 3.18. The van der Waals surface area contributed by atoms with E-state index in [0.29, 0.717) is 18.0 Å². The number of sulfone groups is 1. The summed E-state index contributed by atoms with van der Waals surface area (Å²) in [5, 5.41) is 2.83. The maximum absolute atomic E-state index is 12.4. The van der Waals surface area contributed by atoms with Crippen LogP contribution in [0.25, 0.3) is 0 Å². The summed E-state index contributed by atoms with van der Waals surface area (Å²) >= 11 is 0. The van der Waals surface area contributed by atoms with E-state index in [0.717, 1.165) is 25.1 Å². The van der Waals surface area contributed by atoms with Crippen LogP contribution in [-0.4, -0.2) is 49.4 Å². The lowest BCUT2D eigenvalue weighted by atomic mass is 9.99. The standard InChI is InChI=1S/C17H25N3O3S/c1-2-15-5-3-4-7-20(15)16-9-13(10-18-11-16)17(21)19-14-6-8-24(22,23)12-14/h9-11,14-15H,2-8,12H2,1H3,(H,19,21). The monoisotopic (exact) mass is 351 g/mol. The summed E-state index contributed by atoms with van der Waals surface area (Å²) in [6, 6.07) is 2.09. The number of rotatable bonds is 4. The highest BCUT2D eigenvalue weighted by atomic mass is 32.2. The third-order valence-corrected chi connectivity index (χ3v) is 6.75. The second kappa shape index (κ2) is 7.09. The van der Waals surface area contributed by atoms with Crippen LogP contribution in [-0.2, 0) is 9.84 Å². The third-order valence-electron chi connectivity index (χ3n) is 4.98. The van der Waals surface area contributed by atoms with Crippen LogP contribution in [0, 0.1) is 0 Å². The molecule has 24 heavy (non-hydrogen) atoms. The Morgan fingerprint density at radius 1 is 1.33 bits per heavy atom. The zero-order valence-electron chi connectivity index (χ0n) is 14.1. The summed E-state index contributed by atoms with van der Waals surface area (Å²) in [7, 11) is -3.00. The van der Waals surface area contributed by atoms with Crippen LogP contribution in [0.5, 0.6) is 0 Å². The van der Waals surface area contributed by atoms with Crippen molar-refractivity contribution in [1.82, 2.24) is 10.3 Å². The zero-order valence-corrected chi connectivity index (χ0v) is 14.9. The molecule has 132 valence electrons. The van der Waals surface area contributed by atoms with Gasteiger partial charge in [0.25, 0.3) is 5.91 Å². The fourth-order valence-electron chi connectivity index (χ4n) is 3.65. The van der Waals surface area contributed by atoms with E-state index in [1.54, 1.807) is 6.20 Å². The van der Waals surface area contributed by atoms with Gasteiger partial charge in [0.1, 0.15) is 0 Å². The summed E-state index contributed by atoms with van der Waals surface area (Å²) in [4.78, 5) is 19.0. The molecule has 0 bridgehead atoms. The lowest BCUT2D eigenvalue weighted by molar-refractivity contribution is 0.0941. The number of pyridine rings is 1. The van der Waals surface area contributed by atoms with E-state index in [1.165, 1.54) is 12.8 Å². The van der Waals surface area contributed by atoms with Gasteiger partial charge in [-0.3, -0.25) is 9.78 Å². The van der Waals surface area contributed by atoms with E-state index < -0.39 is 9.84 Å². The fraction of sp³-hybridized carbons (Fsp3) is 0.647. The Labute approximate surface area is 143 Å². The van der Waals surface area contributed by atoms with Crippen LogP contribution in [0.3, 0.4) is 0 Å². The minimum atomic E-state index is -3.00. The Morgan fingerprint density at radius 2 is 2.17 bits per heavy atom. The molecule has 1 N–H and O–H groups in total. The topological polar surface area (TPSA) is 79.4 Å². The van der Waals surface area contributed by atoms with Crippen LogP contribution < -0.4 is 10.2 Å². The van der Waals surface area contributed by atoms with Crippen molar-refractivity contribution in [2.45, 2.75) is 51.1 Å². The highest BCUT2D eigenvalue weighted by Crippen LogP contribution is 2.26. The quantitative estimate of drug-likeness (QED) is 0.894. The van der Waals surface area contributed by atoms with Crippen molar-refractivity contribution in [3.8, 4) is 0 Å². The van der Waals surface area contributed by atoms with E-state index in [-0.39, 0.29) is 23.5 Å². The summed E-state index contributed by atoms with van der Waals surface area (Å²) < 4.78 is 23.0. The Morgan fingerprint density at radius 3 is 2.88 bits per heavy atom. The van der Waals surface area contributed by atoms with E-state index in [2.05, 4.69) is 22.1 Å². The average molecular weight is 351 g/mol. The molecule has 2 aliphatic heterocycles. The molecule has 1 aromatic rings. The zero-order chi connectivity index (χ0) is 17.2. The van der Waals surface area contributed by atoms with Gasteiger partial charge in [-0.2, -0.15) is 0 Å². The van der Waals surface area contributed by atoms with Gasteiger partial charge in [-0.15, -0.1) is 0 Å². The van der Waals surface area contributed by atoms with Gasteiger partial charge in [0.15, 0.2) is 9.84 Å². The molecule has 0 saturated carbocycles. The van der Waals surface area contributed by atoms with Crippen LogP contribution in [0.4, 0.5) is 5.69 Å². The number of hydrogen-bond acceptors (Lipinski definition) is 5. The van der Waals surface area contributed by atoms with Crippen molar-refractivity contribution >= 4 is 21.4 Å². The number of piperidine rings is 1. The number of nitrogens with zero attached hydrogens (tertiary/aromatic N) is 2. The Hall–Kier alpha value is -1.63. The van der Waals surface area contributed by atoms with Crippen LogP contribution in [0.15, 0.2) is 18.5 Å². The number of carbonyl (C=O) groups excluding carboxylic acids is 1. The van der Waals surface area contributed by atoms with Gasteiger partial charge in [0, 0.05) is 24.8 Å². The molecule has 2 atom stereocenters. The Bertz CT molecular complexity index is 705. The molecule has 1 amide bonds. The third kappa shape index (κ3) is 3.88. The molecule has 7 heteroatoms. The number of carbonyl (C=O) groups is 1. The highest BCUT2D eigenvalue weighted by molar-refractivity contribution is 7.91. The van der Waals surface area contributed by atoms with Crippen LogP contribution >= 0.6 is 0 Å². The summed E-state index contributed by atoms with van der Waals surface area (Å²) in [5.74, 6) is -0.0468. The van der Waals surface area contributed by atoms with Crippen molar-refractivity contribution < 1.29 is 13.2 Å². The van der Waals surface area contributed by atoms with Gasteiger partial charge in [0.05, 0.1) is 29.0 Å². The molecule has 0 aliphatic carbocycles. The van der Waals surface area contributed by atoms with E-state index in [1.807, 2.05) is 12.3 Å². The predicted octanol–water partition coefficient (Wildman–Crippen LogP) is 1.77. The molecule has 0 aromatic carbocycles. The van der Waals surface area contributed by atoms with Crippen LogP contribution in [0.1, 0.15) is 49.4 Å². The second-order valence-corrected chi connectivity index (χ2v) is 8.99. The number of hydrogen-bond donors (Lipinski definition) is 1. The average Bonchev–Trinajstić information content (AvgIpc) is 2.93. The number of aromatic nitrogens is 1. The smallest absolute Gasteiger partial charge is 0.253 e. The summed E-state index contributed by atoms with van der Waals surface area (Å²) in [6.07, 6.45) is 8.51. The van der Waals surface area contributed by atoms with Crippen LogP contribution in [0.2, 0.25) is 0 Å². The van der Waals surface area contributed by atoms with E-state index >= 15 is 0 Å². The molecule has 3 heterocycles. The predicted molar refractivity (Wildman–Crippen MR) is 94.0 cm³/mol. The van der Waals surface area contributed by atoms with E-state index in [4.69, 9.17) is 0 Å². The second-order valence-electron chi connectivity index (χ2n) is 6.76. The molecule has 0 spiro atoms. The molecule has 6 nitrogen and oxygen atoms in total. The molecule has 0 radical (unpaired) electrons. The highest BCUT2D eigenvalue weighted by Gasteiger charge is 2.29. The maximum Gasteiger partial charge on any atom is 0.253 e. The first kappa shape index (κ1) is 17.2. The number of amides is 1. The molecule has 2 saturated heterocycles. The first-order valence-electron chi connectivity index (χ1n) is 8.71. The van der Waals surface area contributed by atoms with Crippen molar-refractivity contribution in [2.75, 3.05) is 23.0 Å². The lowest BCUT2D eigenvalue weighted by Crippen LogP contribution is -2.39. The minimum absolute atomic E-state index is 0.0376. The summed E-state index contributed by atoms with van der Waals surface area (Å²) in [5.41, 5.74) is 1.48. The first-order valence-corrected chi connectivity index (χ1v) is 10.5. The van der Waals surface area contributed by atoms with Crippen molar-refractivity contribution in [3.05, 3.63) is 24.0 Å². The Kier molecular flexibility index (Phi) is 5.08. The molecule has 2 unspecified atom stereocenters. The lowest BCUT2D eigenvalue weighted by Gasteiger charge is -2.37. The normalized spacial score (nSPS) is 26.3. The van der Waals surface area contributed by atoms with Gasteiger partial charge >= 0.3 is 0 Å². The van der Waals surface area contributed by atoms with Gasteiger partial charge in [0.2, 0.25) is 0 Å². The molecule has 1 aromatic heterocycles. The molecule has 3 rings (SSSR count). The SMILES string of the molecule is CCC1CCCCN1c1cncc(C(=O)NC2CCS(=O)(=O)C2)c1. The van der Waals surface area contributed by atoms with E-state index in [9.17, 15) is 13.2 Å². The molecule has 2 aliphatic rings. The molecule has 2 fully saturated rings.